The molecule has 35 heavy (non-hydrogen) atoms. The third kappa shape index (κ3) is 6.14. The molecule has 0 fully saturated rings. The van der Waals surface area contributed by atoms with Crippen LogP contribution in [0.3, 0.4) is 0 Å². The third-order valence-electron chi connectivity index (χ3n) is 4.85. The van der Waals surface area contributed by atoms with Crippen LogP contribution in [0.15, 0.2) is 53.9 Å². The van der Waals surface area contributed by atoms with Crippen LogP contribution in [0.1, 0.15) is 11.1 Å². The van der Waals surface area contributed by atoms with Crippen molar-refractivity contribution in [1.82, 2.24) is 19.5 Å². The first kappa shape index (κ1) is 24.6. The molecule has 1 atom stereocenters. The minimum atomic E-state index is -3.82. The minimum Gasteiger partial charge on any atom is -0.431 e. The second-order valence-corrected chi connectivity index (χ2v) is 9.51. The Morgan fingerprint density at radius 2 is 2.11 bits per heavy atom. The first-order valence-corrected chi connectivity index (χ1v) is 12.1. The van der Waals surface area contributed by atoms with Crippen molar-refractivity contribution in [2.75, 3.05) is 25.3 Å². The molecule has 14 heteroatoms. The number of nitrogens with zero attached hydrogens (tertiary/aromatic N) is 3. The van der Waals surface area contributed by atoms with Crippen LogP contribution in [-0.4, -0.2) is 39.1 Å². The number of aryl methyl sites for hydroxylation is 1. The van der Waals surface area contributed by atoms with Gasteiger partial charge in [-0.1, -0.05) is 12.1 Å². The highest BCUT2D eigenvalue weighted by molar-refractivity contribution is 7.53. The van der Waals surface area contributed by atoms with Gasteiger partial charge >= 0.3 is 7.60 Å². The normalized spacial score (nSPS) is 15.0. The smallest absolute Gasteiger partial charge is 0.356 e. The van der Waals surface area contributed by atoms with Gasteiger partial charge in [-0.05, 0) is 30.7 Å². The maximum Gasteiger partial charge on any atom is 0.356 e. The zero-order valence-corrected chi connectivity index (χ0v) is 19.6. The van der Waals surface area contributed by atoms with Gasteiger partial charge in [0.15, 0.2) is 16.9 Å². The van der Waals surface area contributed by atoms with E-state index in [1.165, 1.54) is 18.7 Å². The number of benzene rings is 1. The molecule has 0 spiro atoms. The van der Waals surface area contributed by atoms with Crippen molar-refractivity contribution in [2.45, 2.75) is 20.1 Å². The van der Waals surface area contributed by atoms with Crippen molar-refractivity contribution < 1.29 is 32.2 Å². The van der Waals surface area contributed by atoms with Crippen LogP contribution in [0.2, 0.25) is 0 Å². The van der Waals surface area contributed by atoms with E-state index in [0.717, 1.165) is 0 Å². The Morgan fingerprint density at radius 3 is 2.86 bits per heavy atom. The van der Waals surface area contributed by atoms with E-state index < -0.39 is 25.3 Å². The molecule has 0 bridgehead atoms. The molecule has 1 aliphatic rings. The lowest BCUT2D eigenvalue weighted by Gasteiger charge is -2.19. The van der Waals surface area contributed by atoms with Gasteiger partial charge in [-0.3, -0.25) is 18.9 Å². The highest BCUT2D eigenvalue weighted by Crippen LogP contribution is 2.49. The van der Waals surface area contributed by atoms with Crippen molar-refractivity contribution in [1.29, 1.82) is 0 Å². The number of anilines is 1. The molecule has 2 aromatic heterocycles. The summed E-state index contributed by atoms with van der Waals surface area (Å²) in [5.41, 5.74) is 6.52. The molecule has 12 nitrogen and oxygen atoms in total. The summed E-state index contributed by atoms with van der Waals surface area (Å²) in [4.78, 5) is 22.4. The molecule has 0 saturated carbocycles. The number of imidazole rings is 1. The fraction of sp³-hybridized carbons (Fsp3) is 0.286. The molecule has 0 aliphatic carbocycles. The number of nitrogens with one attached hydrogen (secondary N) is 1. The van der Waals surface area contributed by atoms with Gasteiger partial charge in [-0.25, -0.2) is 9.37 Å². The average Bonchev–Trinajstić information content (AvgIpc) is 3.42. The van der Waals surface area contributed by atoms with Crippen molar-refractivity contribution in [2.24, 2.45) is 0 Å². The predicted octanol–water partition coefficient (Wildman–Crippen LogP) is 2.91. The van der Waals surface area contributed by atoms with E-state index >= 15 is 0 Å². The Morgan fingerprint density at radius 1 is 1.31 bits per heavy atom. The van der Waals surface area contributed by atoms with E-state index in [4.69, 9.17) is 29.0 Å². The molecule has 1 unspecified atom stereocenters. The number of hydrogen-bond acceptors (Lipinski definition) is 10. The minimum absolute atomic E-state index is 0.0425. The Bertz CT molecular complexity index is 1390. The number of H-pyrrole nitrogens is 1. The zero-order chi connectivity index (χ0) is 25.0. The summed E-state index contributed by atoms with van der Waals surface area (Å²) >= 11 is 0. The number of aromatic nitrogens is 4. The quantitative estimate of drug-likeness (QED) is 0.293. The standard InChI is InChI=1S/C21H23FN5O7P/c1-13-3-4-15(7-17(13)22)8-32-35(29,33-10-16-9-31-14(2)34-16)12-30-6-5-27-11-24-18-19(27)25-21(23)26-20(18)28/h3-4,7,9,11H,2,5-6,8,10,12H2,1H3,(H3,23,25,26,28). The van der Waals surface area contributed by atoms with E-state index in [1.54, 1.807) is 23.6 Å². The Balaban J connectivity index is 1.38. The molecular weight excluding hydrogens is 484 g/mol. The second kappa shape index (κ2) is 10.4. The van der Waals surface area contributed by atoms with Gasteiger partial charge in [0.25, 0.3) is 11.5 Å². The monoisotopic (exact) mass is 507 g/mol. The van der Waals surface area contributed by atoms with Gasteiger partial charge in [0.05, 0.1) is 19.5 Å². The van der Waals surface area contributed by atoms with Gasteiger partial charge in [-0.2, -0.15) is 4.98 Å². The van der Waals surface area contributed by atoms with Crippen LogP contribution in [0, 0.1) is 12.7 Å². The lowest BCUT2D eigenvalue weighted by Crippen LogP contribution is -2.13. The van der Waals surface area contributed by atoms with Crippen molar-refractivity contribution >= 4 is 24.7 Å². The van der Waals surface area contributed by atoms with E-state index in [2.05, 4.69) is 21.5 Å². The summed E-state index contributed by atoms with van der Waals surface area (Å²) in [5.74, 6) is -0.136. The first-order valence-electron chi connectivity index (χ1n) is 10.4. The molecule has 1 aliphatic heterocycles. The predicted molar refractivity (Wildman–Crippen MR) is 122 cm³/mol. The number of halogens is 1. The SMILES string of the molecule is C=C1OC=C(COP(=O)(COCCn2cnc3c(=O)[nH]c(N)nc32)OCc2ccc(C)c(F)c2)O1. The van der Waals surface area contributed by atoms with Crippen molar-refractivity contribution in [3.63, 3.8) is 0 Å². The number of nitrogens with two attached hydrogens (primary N) is 1. The van der Waals surface area contributed by atoms with Crippen LogP contribution >= 0.6 is 7.60 Å². The van der Waals surface area contributed by atoms with E-state index in [0.29, 0.717) is 11.1 Å². The zero-order valence-electron chi connectivity index (χ0n) is 18.7. The van der Waals surface area contributed by atoms with Crippen LogP contribution in [0.25, 0.3) is 11.2 Å². The fourth-order valence-corrected chi connectivity index (χ4v) is 4.28. The molecule has 3 heterocycles. The maximum absolute atomic E-state index is 13.9. The van der Waals surface area contributed by atoms with Crippen LogP contribution in [-0.2, 0) is 41.0 Å². The van der Waals surface area contributed by atoms with Crippen LogP contribution in [0.4, 0.5) is 10.3 Å². The summed E-state index contributed by atoms with van der Waals surface area (Å²) < 4.78 is 55.5. The van der Waals surface area contributed by atoms with Crippen LogP contribution < -0.4 is 11.3 Å². The molecule has 3 N–H and O–H groups in total. The average molecular weight is 507 g/mol. The van der Waals surface area contributed by atoms with E-state index in [-0.39, 0.29) is 55.2 Å². The van der Waals surface area contributed by atoms with Gasteiger partial charge in [0, 0.05) is 6.54 Å². The third-order valence-corrected chi connectivity index (χ3v) is 6.40. The van der Waals surface area contributed by atoms with Crippen molar-refractivity contribution in [3.8, 4) is 0 Å². The molecule has 0 amide bonds. The molecule has 1 aromatic carbocycles. The number of aromatic amines is 1. The van der Waals surface area contributed by atoms with Gasteiger partial charge < -0.3 is 29.0 Å². The van der Waals surface area contributed by atoms with Gasteiger partial charge in [0.2, 0.25) is 5.95 Å². The van der Waals surface area contributed by atoms with E-state index in [9.17, 15) is 13.8 Å². The molecule has 3 aromatic rings. The number of rotatable bonds is 11. The first-order chi connectivity index (χ1) is 16.7. The molecular formula is C21H23FN5O7P. The largest absolute Gasteiger partial charge is 0.431 e. The summed E-state index contributed by atoms with van der Waals surface area (Å²) in [6.07, 6.45) is 2.29. The molecule has 0 radical (unpaired) electrons. The summed E-state index contributed by atoms with van der Waals surface area (Å²) in [7, 11) is -3.82. The van der Waals surface area contributed by atoms with Crippen LogP contribution in [0.5, 0.6) is 0 Å². The summed E-state index contributed by atoms with van der Waals surface area (Å²) in [6.45, 7) is 5.05. The summed E-state index contributed by atoms with van der Waals surface area (Å²) in [5, 5.41) is 0. The second-order valence-electron chi connectivity index (χ2n) is 7.52. The lowest BCUT2D eigenvalue weighted by molar-refractivity contribution is 0.114. The summed E-state index contributed by atoms with van der Waals surface area (Å²) in [6, 6.07) is 4.55. The molecule has 0 saturated heterocycles. The number of hydrogen-bond donors (Lipinski definition) is 2. The maximum atomic E-state index is 13.9. The van der Waals surface area contributed by atoms with Crippen molar-refractivity contribution in [3.05, 3.63) is 76.4 Å². The fourth-order valence-electron chi connectivity index (χ4n) is 3.04. The molecule has 4 rings (SSSR count). The number of nitrogen functional groups attached to an aromatic ring is 1. The molecule has 186 valence electrons. The topological polar surface area (TPSA) is 153 Å². The lowest BCUT2D eigenvalue weighted by atomic mass is 10.1. The Kier molecular flexibility index (Phi) is 7.31. The highest BCUT2D eigenvalue weighted by Gasteiger charge is 2.28. The van der Waals surface area contributed by atoms with Gasteiger partial charge in [-0.15, -0.1) is 0 Å². The number of fused-ring (bicyclic) bond motifs is 1. The van der Waals surface area contributed by atoms with Gasteiger partial charge in [0.1, 0.15) is 25.0 Å². The Labute approximate surface area is 198 Å². The number of ether oxygens (including phenoxy) is 3. The highest BCUT2D eigenvalue weighted by atomic mass is 31.2. The Hall–Kier alpha value is -3.51. The van der Waals surface area contributed by atoms with E-state index in [1.807, 2.05) is 0 Å².